The second-order valence-corrected chi connectivity index (χ2v) is 8.59. The molecule has 0 spiro atoms. The number of ether oxygens (including phenoxy) is 1. The van der Waals surface area contributed by atoms with Crippen LogP contribution in [0.15, 0.2) is 84.7 Å². The predicted molar refractivity (Wildman–Crippen MR) is 135 cm³/mol. The molecular weight excluding hydrogens is 440 g/mol. The van der Waals surface area contributed by atoms with Crippen molar-refractivity contribution in [2.24, 2.45) is 0 Å². The summed E-state index contributed by atoms with van der Waals surface area (Å²) in [5, 5.41) is 11.1. The van der Waals surface area contributed by atoms with Crippen LogP contribution in [0.2, 0.25) is 0 Å². The molecule has 1 aliphatic heterocycles. The third-order valence-corrected chi connectivity index (χ3v) is 6.19. The first-order chi connectivity index (χ1) is 17.1. The highest BCUT2D eigenvalue weighted by molar-refractivity contribution is 6.46. The highest BCUT2D eigenvalue weighted by Crippen LogP contribution is 2.39. The number of aliphatic hydroxyl groups is 1. The monoisotopic (exact) mass is 470 g/mol. The Kier molecular flexibility index (Phi) is 7.93. The minimum absolute atomic E-state index is 0.0888. The molecular formula is C29H30N2O4. The summed E-state index contributed by atoms with van der Waals surface area (Å²) in [4.78, 5) is 31.8. The average molecular weight is 471 g/mol. The van der Waals surface area contributed by atoms with E-state index in [1.54, 1.807) is 29.4 Å². The number of Topliss-reactive ketones (excluding diaryl/α,β-unsaturated/α-hetero) is 1. The number of hydrogen-bond donors (Lipinski definition) is 1. The van der Waals surface area contributed by atoms with Crippen LogP contribution >= 0.6 is 0 Å². The fourth-order valence-corrected chi connectivity index (χ4v) is 4.31. The summed E-state index contributed by atoms with van der Waals surface area (Å²) < 4.78 is 5.83. The number of aromatic nitrogens is 1. The van der Waals surface area contributed by atoms with Crippen molar-refractivity contribution in [2.45, 2.75) is 38.6 Å². The van der Waals surface area contributed by atoms with E-state index in [0.29, 0.717) is 25.1 Å². The van der Waals surface area contributed by atoms with Gasteiger partial charge in [0, 0.05) is 24.5 Å². The van der Waals surface area contributed by atoms with Crippen LogP contribution in [-0.2, 0) is 16.0 Å². The Morgan fingerprint density at radius 1 is 0.971 bits per heavy atom. The molecule has 1 unspecified atom stereocenters. The molecule has 1 fully saturated rings. The van der Waals surface area contributed by atoms with Crippen LogP contribution < -0.4 is 4.74 Å². The van der Waals surface area contributed by atoms with Gasteiger partial charge in [0.05, 0.1) is 18.2 Å². The van der Waals surface area contributed by atoms with Gasteiger partial charge in [-0.1, -0.05) is 62.2 Å². The Bertz CT molecular complexity index is 1170. The molecule has 2 aromatic carbocycles. The quantitative estimate of drug-likeness (QED) is 0.188. The second-order valence-electron chi connectivity index (χ2n) is 8.59. The number of nitrogens with zero attached hydrogens (tertiary/aromatic N) is 2. The van der Waals surface area contributed by atoms with Gasteiger partial charge in [-0.25, -0.2) is 0 Å². The number of pyridine rings is 1. The summed E-state index contributed by atoms with van der Waals surface area (Å²) in [7, 11) is 0. The first-order valence-electron chi connectivity index (χ1n) is 12.1. The van der Waals surface area contributed by atoms with E-state index in [2.05, 4.69) is 11.9 Å². The van der Waals surface area contributed by atoms with E-state index in [1.165, 1.54) is 0 Å². The van der Waals surface area contributed by atoms with Gasteiger partial charge in [0.2, 0.25) is 0 Å². The normalized spacial score (nSPS) is 17.1. The van der Waals surface area contributed by atoms with Gasteiger partial charge in [-0.05, 0) is 48.2 Å². The molecule has 1 saturated heterocycles. The maximum Gasteiger partial charge on any atom is 0.295 e. The van der Waals surface area contributed by atoms with E-state index < -0.39 is 17.7 Å². The molecule has 0 radical (unpaired) electrons. The van der Waals surface area contributed by atoms with E-state index in [-0.39, 0.29) is 11.3 Å². The lowest BCUT2D eigenvalue weighted by atomic mass is 9.95. The van der Waals surface area contributed by atoms with E-state index >= 15 is 0 Å². The maximum absolute atomic E-state index is 13.1. The molecule has 180 valence electrons. The number of amides is 1. The zero-order chi connectivity index (χ0) is 24.6. The van der Waals surface area contributed by atoms with Crippen molar-refractivity contribution in [3.63, 3.8) is 0 Å². The summed E-state index contributed by atoms with van der Waals surface area (Å²) in [5.41, 5.74) is 2.35. The van der Waals surface area contributed by atoms with Crippen LogP contribution in [0.3, 0.4) is 0 Å². The SMILES string of the molecule is CCCCCOc1ccc(C2/C(=C(\O)c3ccncc3)C(=O)C(=O)N2CCc2ccccc2)cc1. The summed E-state index contributed by atoms with van der Waals surface area (Å²) in [6.07, 6.45) is 6.91. The third kappa shape index (κ3) is 5.60. The van der Waals surface area contributed by atoms with Gasteiger partial charge in [0.25, 0.3) is 11.7 Å². The highest BCUT2D eigenvalue weighted by atomic mass is 16.5. The highest BCUT2D eigenvalue weighted by Gasteiger charge is 2.45. The molecule has 6 nitrogen and oxygen atoms in total. The third-order valence-electron chi connectivity index (χ3n) is 6.19. The van der Waals surface area contributed by atoms with Gasteiger partial charge in [-0.15, -0.1) is 0 Å². The number of unbranched alkanes of at least 4 members (excludes halogenated alkanes) is 2. The van der Waals surface area contributed by atoms with Gasteiger partial charge < -0.3 is 14.7 Å². The molecule has 0 aliphatic carbocycles. The molecule has 0 saturated carbocycles. The lowest BCUT2D eigenvalue weighted by Crippen LogP contribution is -2.31. The van der Waals surface area contributed by atoms with Gasteiger partial charge in [0.1, 0.15) is 11.5 Å². The van der Waals surface area contributed by atoms with Crippen LogP contribution in [0.1, 0.15) is 48.9 Å². The van der Waals surface area contributed by atoms with Crippen molar-refractivity contribution in [3.05, 3.63) is 101 Å². The van der Waals surface area contributed by atoms with Crippen molar-refractivity contribution < 1.29 is 19.4 Å². The second kappa shape index (κ2) is 11.5. The summed E-state index contributed by atoms with van der Waals surface area (Å²) in [6.45, 7) is 3.14. The molecule has 1 N–H and O–H groups in total. The van der Waals surface area contributed by atoms with Gasteiger partial charge in [0.15, 0.2) is 0 Å². The largest absolute Gasteiger partial charge is 0.507 e. The number of ketones is 1. The van der Waals surface area contributed by atoms with E-state index in [9.17, 15) is 14.7 Å². The van der Waals surface area contributed by atoms with E-state index in [1.807, 2.05) is 54.6 Å². The fourth-order valence-electron chi connectivity index (χ4n) is 4.31. The molecule has 1 aromatic heterocycles. The number of carbonyl (C=O) groups excluding carboxylic acids is 2. The minimum Gasteiger partial charge on any atom is -0.507 e. The Morgan fingerprint density at radius 2 is 1.69 bits per heavy atom. The molecule has 1 atom stereocenters. The number of hydrogen-bond acceptors (Lipinski definition) is 5. The van der Waals surface area contributed by atoms with E-state index in [4.69, 9.17) is 4.74 Å². The Hall–Kier alpha value is -3.93. The number of carbonyl (C=O) groups is 2. The molecule has 1 amide bonds. The zero-order valence-electron chi connectivity index (χ0n) is 19.9. The Balaban J connectivity index is 1.67. The van der Waals surface area contributed by atoms with E-state index in [0.717, 1.165) is 36.1 Å². The maximum atomic E-state index is 13.1. The minimum atomic E-state index is -0.694. The van der Waals surface area contributed by atoms with Crippen molar-refractivity contribution in [1.82, 2.24) is 9.88 Å². The van der Waals surface area contributed by atoms with Crippen molar-refractivity contribution in [3.8, 4) is 5.75 Å². The first-order valence-corrected chi connectivity index (χ1v) is 12.1. The smallest absolute Gasteiger partial charge is 0.295 e. The molecule has 1 aliphatic rings. The molecule has 0 bridgehead atoms. The number of aliphatic hydroxyl groups excluding tert-OH is 1. The van der Waals surface area contributed by atoms with Crippen molar-refractivity contribution in [1.29, 1.82) is 0 Å². The summed E-state index contributed by atoms with van der Waals surface area (Å²) in [5.74, 6) is -0.753. The standard InChI is InChI=1S/C29H30N2O4/c1-2-3-7-20-35-24-12-10-22(11-13-24)26-25(27(32)23-14-17-30-18-15-23)28(33)29(34)31(26)19-16-21-8-5-4-6-9-21/h4-6,8-15,17-18,26,32H,2-3,7,16,19-20H2,1H3/b27-25+. The fraction of sp³-hybridized carbons (Fsp3) is 0.276. The summed E-state index contributed by atoms with van der Waals surface area (Å²) >= 11 is 0. The zero-order valence-corrected chi connectivity index (χ0v) is 19.9. The molecule has 3 aromatic rings. The first kappa shape index (κ1) is 24.2. The molecule has 35 heavy (non-hydrogen) atoms. The number of rotatable bonds is 10. The van der Waals surface area contributed by atoms with Gasteiger partial charge >= 0.3 is 0 Å². The number of likely N-dealkylation sites (tertiary alicyclic amines) is 1. The molecule has 4 rings (SSSR count). The lowest BCUT2D eigenvalue weighted by molar-refractivity contribution is -0.139. The van der Waals surface area contributed by atoms with Gasteiger partial charge in [-0.3, -0.25) is 14.6 Å². The molecule has 2 heterocycles. The van der Waals surface area contributed by atoms with Crippen LogP contribution in [-0.4, -0.2) is 39.8 Å². The van der Waals surface area contributed by atoms with Crippen LogP contribution in [0, 0.1) is 0 Å². The van der Waals surface area contributed by atoms with Crippen LogP contribution in [0.4, 0.5) is 0 Å². The molecule has 6 heteroatoms. The Morgan fingerprint density at radius 3 is 2.37 bits per heavy atom. The van der Waals surface area contributed by atoms with Crippen molar-refractivity contribution >= 4 is 17.4 Å². The van der Waals surface area contributed by atoms with Crippen molar-refractivity contribution in [2.75, 3.05) is 13.2 Å². The van der Waals surface area contributed by atoms with Gasteiger partial charge in [-0.2, -0.15) is 0 Å². The predicted octanol–water partition coefficient (Wildman–Crippen LogP) is 5.32. The lowest BCUT2D eigenvalue weighted by Gasteiger charge is -2.25. The average Bonchev–Trinajstić information content (AvgIpc) is 3.16. The van der Waals surface area contributed by atoms with Crippen LogP contribution in [0.25, 0.3) is 5.76 Å². The topological polar surface area (TPSA) is 79.7 Å². The number of benzene rings is 2. The van der Waals surface area contributed by atoms with Crippen LogP contribution in [0.5, 0.6) is 5.75 Å². The summed E-state index contributed by atoms with van der Waals surface area (Å²) in [6, 6.07) is 19.8. The Labute approximate surface area is 205 Å².